The van der Waals surface area contributed by atoms with E-state index >= 15 is 0 Å². The van der Waals surface area contributed by atoms with Crippen LogP contribution >= 0.6 is 11.3 Å². The van der Waals surface area contributed by atoms with Crippen LogP contribution in [0.4, 0.5) is 0 Å². The number of carbonyl (C=O) groups excluding carboxylic acids is 1. The lowest BCUT2D eigenvalue weighted by molar-refractivity contribution is 0.0783. The molecule has 0 atom stereocenters. The number of thiazole rings is 1. The fraction of sp³-hybridized carbons (Fsp3) is 0.200. The van der Waals surface area contributed by atoms with E-state index in [1.165, 1.54) is 11.3 Å². The summed E-state index contributed by atoms with van der Waals surface area (Å²) in [6, 6.07) is 7.02. The third kappa shape index (κ3) is 3.67. The van der Waals surface area contributed by atoms with Crippen LogP contribution in [-0.2, 0) is 6.54 Å². The van der Waals surface area contributed by atoms with E-state index in [1.807, 2.05) is 5.38 Å². The van der Waals surface area contributed by atoms with Crippen LogP contribution < -0.4 is 0 Å². The molecule has 20 heavy (non-hydrogen) atoms. The Kier molecular flexibility index (Phi) is 4.88. The number of benzene rings is 1. The summed E-state index contributed by atoms with van der Waals surface area (Å²) in [4.78, 5) is 18.0. The molecule has 0 unspecified atom stereocenters. The number of amides is 1. The van der Waals surface area contributed by atoms with Crippen LogP contribution in [-0.4, -0.2) is 34.6 Å². The first kappa shape index (κ1) is 14.3. The molecule has 0 aliphatic heterocycles. The second-order valence-corrected chi connectivity index (χ2v) is 4.90. The molecule has 1 N–H and O–H groups in total. The van der Waals surface area contributed by atoms with Crippen molar-refractivity contribution in [1.82, 2.24) is 9.88 Å². The fourth-order valence-corrected chi connectivity index (χ4v) is 2.24. The van der Waals surface area contributed by atoms with E-state index in [0.29, 0.717) is 12.1 Å². The minimum Gasteiger partial charge on any atom is -0.384 e. The van der Waals surface area contributed by atoms with Crippen molar-refractivity contribution in [3.8, 4) is 11.8 Å². The van der Waals surface area contributed by atoms with E-state index in [9.17, 15) is 4.79 Å². The average Bonchev–Trinajstić information content (AvgIpc) is 2.97. The highest BCUT2D eigenvalue weighted by atomic mass is 32.1. The monoisotopic (exact) mass is 286 g/mol. The van der Waals surface area contributed by atoms with Crippen LogP contribution in [0, 0.1) is 11.8 Å². The summed E-state index contributed by atoms with van der Waals surface area (Å²) in [7, 11) is 1.75. The lowest BCUT2D eigenvalue weighted by atomic mass is 10.1. The van der Waals surface area contributed by atoms with E-state index in [4.69, 9.17) is 5.11 Å². The molecule has 1 heterocycles. The quantitative estimate of drug-likeness (QED) is 0.875. The molecule has 1 aromatic carbocycles. The number of aliphatic hydroxyl groups is 1. The van der Waals surface area contributed by atoms with Gasteiger partial charge in [-0.05, 0) is 24.3 Å². The van der Waals surface area contributed by atoms with Gasteiger partial charge in [0.1, 0.15) is 6.61 Å². The molecule has 0 spiro atoms. The third-order valence-electron chi connectivity index (χ3n) is 2.67. The van der Waals surface area contributed by atoms with Crippen LogP contribution in [0.3, 0.4) is 0 Å². The van der Waals surface area contributed by atoms with Gasteiger partial charge in [0.2, 0.25) is 0 Å². The van der Waals surface area contributed by atoms with Crippen LogP contribution in [0.25, 0.3) is 0 Å². The van der Waals surface area contributed by atoms with Gasteiger partial charge in [-0.25, -0.2) is 4.98 Å². The highest BCUT2D eigenvalue weighted by molar-refractivity contribution is 7.07. The molecule has 1 amide bonds. The van der Waals surface area contributed by atoms with Gasteiger partial charge < -0.3 is 10.0 Å². The van der Waals surface area contributed by atoms with Gasteiger partial charge in [-0.3, -0.25) is 4.79 Å². The van der Waals surface area contributed by atoms with Gasteiger partial charge in [-0.2, -0.15) is 0 Å². The van der Waals surface area contributed by atoms with Gasteiger partial charge in [0.15, 0.2) is 0 Å². The SMILES string of the molecule is CN(Cc1cscn1)C(=O)c1ccc(C#CCO)cc1. The first-order valence-corrected chi connectivity index (χ1v) is 6.97. The standard InChI is InChI=1S/C15H14N2O2S/c1-17(9-14-10-20-11-16-14)15(19)13-6-4-12(5-7-13)3-2-8-18/h4-7,10-11,18H,8-9H2,1H3. The second-order valence-electron chi connectivity index (χ2n) is 4.18. The van der Waals surface area contributed by atoms with E-state index in [2.05, 4.69) is 16.8 Å². The van der Waals surface area contributed by atoms with E-state index in [-0.39, 0.29) is 12.5 Å². The molecule has 4 nitrogen and oxygen atoms in total. The Morgan fingerprint density at radius 1 is 1.40 bits per heavy atom. The number of carbonyl (C=O) groups is 1. The summed E-state index contributed by atoms with van der Waals surface area (Å²) in [5, 5.41) is 10.6. The molecule has 5 heteroatoms. The minimum atomic E-state index is -0.170. The number of nitrogens with zero attached hydrogens (tertiary/aromatic N) is 2. The normalized spacial score (nSPS) is 9.70. The summed E-state index contributed by atoms with van der Waals surface area (Å²) < 4.78 is 0. The highest BCUT2D eigenvalue weighted by Gasteiger charge is 2.12. The average molecular weight is 286 g/mol. The summed E-state index contributed by atoms with van der Waals surface area (Å²) in [6.07, 6.45) is 0. The van der Waals surface area contributed by atoms with Gasteiger partial charge >= 0.3 is 0 Å². The summed E-state index contributed by atoms with van der Waals surface area (Å²) in [5.74, 6) is 5.31. The Labute approximate surface area is 121 Å². The molecule has 0 saturated carbocycles. The molecule has 0 saturated heterocycles. The van der Waals surface area contributed by atoms with Crippen LogP contribution in [0.5, 0.6) is 0 Å². The maximum atomic E-state index is 12.2. The van der Waals surface area contributed by atoms with Gasteiger partial charge in [-0.15, -0.1) is 11.3 Å². The van der Waals surface area contributed by atoms with E-state index in [1.54, 1.807) is 41.7 Å². The summed E-state index contributed by atoms with van der Waals surface area (Å²) >= 11 is 1.51. The van der Waals surface area contributed by atoms with Crippen molar-refractivity contribution in [3.63, 3.8) is 0 Å². The zero-order valence-corrected chi connectivity index (χ0v) is 11.9. The van der Waals surface area contributed by atoms with E-state index < -0.39 is 0 Å². The van der Waals surface area contributed by atoms with Crippen molar-refractivity contribution >= 4 is 17.2 Å². The van der Waals surface area contributed by atoms with Crippen LogP contribution in [0.2, 0.25) is 0 Å². The molecule has 2 rings (SSSR count). The summed E-state index contributed by atoms with van der Waals surface area (Å²) in [6.45, 7) is 0.325. The molecule has 0 radical (unpaired) electrons. The predicted molar refractivity (Wildman–Crippen MR) is 78.3 cm³/mol. The molecule has 0 bridgehead atoms. The van der Waals surface area contributed by atoms with E-state index in [0.717, 1.165) is 11.3 Å². The number of rotatable bonds is 3. The Morgan fingerprint density at radius 2 is 2.15 bits per heavy atom. The number of aromatic nitrogens is 1. The minimum absolute atomic E-state index is 0.0559. The predicted octanol–water partition coefficient (Wildman–Crippen LogP) is 1.76. The van der Waals surface area contributed by atoms with Gasteiger partial charge in [0, 0.05) is 23.6 Å². The Balaban J connectivity index is 2.05. The molecular weight excluding hydrogens is 272 g/mol. The zero-order chi connectivity index (χ0) is 14.4. The Hall–Kier alpha value is -2.16. The lowest BCUT2D eigenvalue weighted by Gasteiger charge is -2.15. The molecule has 0 aliphatic rings. The number of hydrogen-bond donors (Lipinski definition) is 1. The molecule has 2 aromatic rings. The van der Waals surface area contributed by atoms with Gasteiger partial charge in [0.05, 0.1) is 17.7 Å². The fourth-order valence-electron chi connectivity index (χ4n) is 1.69. The van der Waals surface area contributed by atoms with Gasteiger partial charge in [0.25, 0.3) is 5.91 Å². The van der Waals surface area contributed by atoms with Crippen molar-refractivity contribution in [2.45, 2.75) is 6.54 Å². The lowest BCUT2D eigenvalue weighted by Crippen LogP contribution is -2.26. The second kappa shape index (κ2) is 6.85. The maximum absolute atomic E-state index is 12.2. The van der Waals surface area contributed by atoms with Crippen molar-refractivity contribution in [2.24, 2.45) is 0 Å². The van der Waals surface area contributed by atoms with Crippen LogP contribution in [0.1, 0.15) is 21.6 Å². The zero-order valence-electron chi connectivity index (χ0n) is 11.0. The van der Waals surface area contributed by atoms with Gasteiger partial charge in [-0.1, -0.05) is 11.8 Å². The van der Waals surface area contributed by atoms with Crippen molar-refractivity contribution in [2.75, 3.05) is 13.7 Å². The summed E-state index contributed by atoms with van der Waals surface area (Å²) in [5.41, 5.74) is 4.02. The molecule has 0 aliphatic carbocycles. The number of hydrogen-bond acceptors (Lipinski definition) is 4. The molecule has 1 aromatic heterocycles. The van der Waals surface area contributed by atoms with Crippen molar-refractivity contribution in [1.29, 1.82) is 0 Å². The molecule has 102 valence electrons. The van der Waals surface area contributed by atoms with Crippen LogP contribution in [0.15, 0.2) is 35.2 Å². The first-order chi connectivity index (χ1) is 9.70. The highest BCUT2D eigenvalue weighted by Crippen LogP contribution is 2.10. The van der Waals surface area contributed by atoms with Crippen molar-refractivity contribution < 1.29 is 9.90 Å². The molecule has 0 fully saturated rings. The largest absolute Gasteiger partial charge is 0.384 e. The van der Waals surface area contributed by atoms with Crippen molar-refractivity contribution in [3.05, 3.63) is 52.0 Å². The maximum Gasteiger partial charge on any atom is 0.253 e. The Morgan fingerprint density at radius 3 is 2.75 bits per heavy atom. The topological polar surface area (TPSA) is 53.4 Å². The first-order valence-electron chi connectivity index (χ1n) is 6.03. The smallest absolute Gasteiger partial charge is 0.253 e. The Bertz CT molecular complexity index is 624. The molecular formula is C15H14N2O2S. The third-order valence-corrected chi connectivity index (χ3v) is 3.31. The number of aliphatic hydroxyl groups excluding tert-OH is 1.